The molecule has 6 rings (SSSR count). The molecule has 50 heavy (non-hydrogen) atoms. The van der Waals surface area contributed by atoms with Crippen molar-refractivity contribution in [2.75, 3.05) is 22.9 Å². The van der Waals surface area contributed by atoms with Crippen molar-refractivity contribution >= 4 is 87.3 Å². The number of azo groups is 2. The number of nitrogens with zero attached hydrogens (tertiary/aromatic N) is 4. The van der Waals surface area contributed by atoms with E-state index < -0.39 is 30.0 Å². The van der Waals surface area contributed by atoms with Crippen LogP contribution >= 0.6 is 0 Å². The number of nitrogens with two attached hydrogens (primary N) is 4. The van der Waals surface area contributed by atoms with E-state index in [1.165, 1.54) is 12.1 Å². The van der Waals surface area contributed by atoms with Crippen LogP contribution < -0.4 is 22.9 Å². The van der Waals surface area contributed by atoms with Gasteiger partial charge in [0.25, 0.3) is 20.2 Å². The molecule has 0 bridgehead atoms. The highest BCUT2D eigenvalue weighted by Crippen LogP contribution is 2.45. The minimum absolute atomic E-state index is 0.0819. The summed E-state index contributed by atoms with van der Waals surface area (Å²) in [6.45, 7) is 3.65. The Morgan fingerprint density at radius 3 is 1.14 bits per heavy atom. The summed E-state index contributed by atoms with van der Waals surface area (Å²) in [5, 5.41) is 18.0. The third kappa shape index (κ3) is 6.07. The SMILES string of the molecule is Cc1cc(-c2ccc(/N=N/c3c(N)c(S(=O)(=O)O)c4ccccc4c3N)c(C)c2)ccc1/N=N/c1c(N)c(S(=O)(=O)O)c2ccccc2c1N. The molecule has 0 saturated heterocycles. The molecule has 6 aromatic rings. The van der Waals surface area contributed by atoms with Crippen molar-refractivity contribution in [1.29, 1.82) is 0 Å². The highest BCUT2D eigenvalue weighted by Gasteiger charge is 2.25. The van der Waals surface area contributed by atoms with E-state index in [2.05, 4.69) is 20.5 Å². The first kappa shape index (κ1) is 33.9. The Morgan fingerprint density at radius 1 is 0.480 bits per heavy atom. The van der Waals surface area contributed by atoms with Gasteiger partial charge in [-0.15, -0.1) is 10.2 Å². The Balaban J connectivity index is 1.31. The molecule has 0 saturated carbocycles. The minimum Gasteiger partial charge on any atom is -0.396 e. The van der Waals surface area contributed by atoms with Gasteiger partial charge >= 0.3 is 0 Å². The van der Waals surface area contributed by atoms with Crippen LogP contribution in [0.5, 0.6) is 0 Å². The van der Waals surface area contributed by atoms with E-state index in [1.807, 2.05) is 38.1 Å². The zero-order valence-electron chi connectivity index (χ0n) is 26.5. The van der Waals surface area contributed by atoms with Crippen molar-refractivity contribution in [3.8, 4) is 11.1 Å². The molecule has 0 aliphatic heterocycles. The molecule has 0 aliphatic rings. The molecule has 16 heteroatoms. The van der Waals surface area contributed by atoms with Crippen LogP contribution in [0.15, 0.2) is 115 Å². The summed E-state index contributed by atoms with van der Waals surface area (Å²) in [6.07, 6.45) is 0. The lowest BCUT2D eigenvalue weighted by molar-refractivity contribution is 0.482. The van der Waals surface area contributed by atoms with Gasteiger partial charge in [0, 0.05) is 21.5 Å². The van der Waals surface area contributed by atoms with Crippen LogP contribution in [0.2, 0.25) is 0 Å². The van der Waals surface area contributed by atoms with Crippen molar-refractivity contribution in [3.63, 3.8) is 0 Å². The topological polar surface area (TPSA) is 262 Å². The maximum atomic E-state index is 12.2. The summed E-state index contributed by atoms with van der Waals surface area (Å²) in [7, 11) is -9.42. The van der Waals surface area contributed by atoms with Crippen molar-refractivity contribution in [1.82, 2.24) is 0 Å². The first-order valence-electron chi connectivity index (χ1n) is 14.8. The second-order valence-electron chi connectivity index (χ2n) is 11.5. The molecule has 0 unspecified atom stereocenters. The van der Waals surface area contributed by atoms with Crippen LogP contribution in [0.25, 0.3) is 32.7 Å². The summed E-state index contributed by atoms with van der Waals surface area (Å²) >= 11 is 0. The van der Waals surface area contributed by atoms with E-state index in [9.17, 15) is 25.9 Å². The van der Waals surface area contributed by atoms with Gasteiger partial charge in [-0.3, -0.25) is 9.11 Å². The van der Waals surface area contributed by atoms with E-state index in [0.29, 0.717) is 22.1 Å². The summed E-state index contributed by atoms with van der Waals surface area (Å²) in [5.74, 6) is 0. The van der Waals surface area contributed by atoms with Gasteiger partial charge in [0.1, 0.15) is 21.2 Å². The second-order valence-corrected chi connectivity index (χ2v) is 14.2. The molecule has 0 fully saturated rings. The highest BCUT2D eigenvalue weighted by molar-refractivity contribution is 7.86. The van der Waals surface area contributed by atoms with E-state index >= 15 is 0 Å². The number of hydrogen-bond acceptors (Lipinski definition) is 12. The molecule has 6 aromatic carbocycles. The van der Waals surface area contributed by atoms with Gasteiger partial charge in [-0.05, 0) is 60.4 Å². The van der Waals surface area contributed by atoms with E-state index in [4.69, 9.17) is 22.9 Å². The number of anilines is 4. The van der Waals surface area contributed by atoms with Gasteiger partial charge in [-0.1, -0.05) is 60.7 Å². The average Bonchev–Trinajstić information content (AvgIpc) is 3.04. The lowest BCUT2D eigenvalue weighted by Crippen LogP contribution is -2.06. The first-order chi connectivity index (χ1) is 23.6. The van der Waals surface area contributed by atoms with Crippen LogP contribution in [0.4, 0.5) is 45.5 Å². The predicted octanol–water partition coefficient (Wildman–Crippen LogP) is 7.93. The molecule has 0 heterocycles. The monoisotopic (exact) mass is 710 g/mol. The van der Waals surface area contributed by atoms with Crippen molar-refractivity contribution in [2.45, 2.75) is 23.6 Å². The number of rotatable bonds is 7. The summed E-state index contributed by atoms with van der Waals surface area (Å²) < 4.78 is 68.6. The van der Waals surface area contributed by atoms with Crippen LogP contribution in [-0.4, -0.2) is 25.9 Å². The van der Waals surface area contributed by atoms with Gasteiger partial charge in [0.05, 0.1) is 34.1 Å². The molecule has 0 aliphatic carbocycles. The summed E-state index contributed by atoms with van der Waals surface area (Å²) in [5.41, 5.74) is 28.4. The number of nitrogen functional groups attached to an aromatic ring is 4. The zero-order chi connectivity index (χ0) is 36.1. The Labute approximate surface area is 286 Å². The highest BCUT2D eigenvalue weighted by atomic mass is 32.2. The first-order valence-corrected chi connectivity index (χ1v) is 17.7. The Hall–Kier alpha value is -5.94. The fraction of sp³-hybridized carbons (Fsp3) is 0.0588. The van der Waals surface area contributed by atoms with Crippen LogP contribution in [0.3, 0.4) is 0 Å². The Kier molecular flexibility index (Phi) is 8.49. The predicted molar refractivity (Wildman–Crippen MR) is 195 cm³/mol. The third-order valence-corrected chi connectivity index (χ3v) is 10.1. The Morgan fingerprint density at radius 2 is 0.820 bits per heavy atom. The van der Waals surface area contributed by atoms with Crippen molar-refractivity contribution in [2.24, 2.45) is 20.5 Å². The molecule has 0 aromatic heterocycles. The fourth-order valence-electron chi connectivity index (χ4n) is 5.76. The zero-order valence-corrected chi connectivity index (χ0v) is 28.2. The van der Waals surface area contributed by atoms with Crippen LogP contribution in [0, 0.1) is 13.8 Å². The van der Waals surface area contributed by atoms with Crippen molar-refractivity contribution < 1.29 is 25.9 Å². The molecule has 14 nitrogen and oxygen atoms in total. The molecule has 0 radical (unpaired) electrons. The van der Waals surface area contributed by atoms with Gasteiger partial charge in [0.15, 0.2) is 0 Å². The average molecular weight is 711 g/mol. The summed E-state index contributed by atoms with van der Waals surface area (Å²) in [6, 6.07) is 23.6. The van der Waals surface area contributed by atoms with Crippen LogP contribution in [0.1, 0.15) is 11.1 Å². The van der Waals surface area contributed by atoms with E-state index in [1.54, 1.807) is 48.5 Å². The quantitative estimate of drug-likeness (QED) is 0.0529. The summed E-state index contributed by atoms with van der Waals surface area (Å²) in [4.78, 5) is -0.984. The van der Waals surface area contributed by atoms with E-state index in [-0.39, 0.29) is 44.9 Å². The standard InChI is InChI=1S/C34H30N8O6S2/c1-17-15-19(11-13-25(17)39-41-31-27(35)21-7-3-5-9-23(21)33(29(31)37)49(43,44)45)20-12-14-26(18(2)16-20)40-42-32-28(36)22-8-4-6-10-24(22)34(30(32)38)50(46,47)48/h3-16H,35-38H2,1-2H3,(H,43,44,45)(H,46,47,48)/b41-39+,42-40+. The number of hydrogen-bond donors (Lipinski definition) is 6. The molecule has 10 N–H and O–H groups in total. The number of benzene rings is 6. The molecule has 0 spiro atoms. The second kappa shape index (κ2) is 12.5. The van der Waals surface area contributed by atoms with Gasteiger partial charge < -0.3 is 22.9 Å². The molecule has 0 amide bonds. The normalized spacial score (nSPS) is 12.5. The Bertz CT molecular complexity index is 2490. The molecular weight excluding hydrogens is 681 g/mol. The van der Waals surface area contributed by atoms with E-state index in [0.717, 1.165) is 22.3 Å². The lowest BCUT2D eigenvalue weighted by atomic mass is 10.0. The fourth-order valence-corrected chi connectivity index (χ4v) is 7.42. The largest absolute Gasteiger partial charge is 0.396 e. The number of aryl methyl sites for hydroxylation is 2. The molecular formula is C34H30N8O6S2. The maximum Gasteiger partial charge on any atom is 0.297 e. The van der Waals surface area contributed by atoms with Crippen LogP contribution in [-0.2, 0) is 20.2 Å². The maximum absolute atomic E-state index is 12.2. The van der Waals surface area contributed by atoms with Crippen molar-refractivity contribution in [3.05, 3.63) is 96.1 Å². The van der Waals surface area contributed by atoms with Gasteiger partial charge in [-0.25, -0.2) is 0 Å². The minimum atomic E-state index is -4.71. The number of fused-ring (bicyclic) bond motifs is 2. The van der Waals surface area contributed by atoms with Gasteiger partial charge in [-0.2, -0.15) is 27.1 Å². The smallest absolute Gasteiger partial charge is 0.297 e. The third-order valence-electron chi connectivity index (χ3n) is 8.19. The molecule has 254 valence electrons. The lowest BCUT2D eigenvalue weighted by Gasteiger charge is -2.13. The molecule has 0 atom stereocenters. The van der Waals surface area contributed by atoms with Gasteiger partial charge in [0.2, 0.25) is 0 Å².